The molecule has 0 radical (unpaired) electrons. The van der Waals surface area contributed by atoms with Crippen molar-refractivity contribution in [2.75, 3.05) is 19.5 Å². The van der Waals surface area contributed by atoms with Crippen LogP contribution in [0, 0.1) is 0 Å². The smallest absolute Gasteiger partial charge is 0.333 e. The molecule has 0 aromatic rings. The zero-order valence-electron chi connectivity index (χ0n) is 13.8. The standard InChI is InChI=1S/C6H10O5S.2C4H6O2/c1-5(2)6(7)11-3-4-12(8,9)10;1-3-4(5)6-2;1-3(2)4(5)6/h1,3-4H2,2H3,(H,8,9,10);3H,1H2,2H3;1H2,2H3,(H,5,6). The van der Waals surface area contributed by atoms with Crippen LogP contribution in [-0.4, -0.2) is 55.5 Å². The number of carboxylic acid groups (broad SMARTS) is 1. The van der Waals surface area contributed by atoms with Gasteiger partial charge in [-0.3, -0.25) is 4.55 Å². The third kappa shape index (κ3) is 24.6. The van der Waals surface area contributed by atoms with Crippen LogP contribution in [-0.2, 0) is 34.0 Å². The maximum atomic E-state index is 10.6. The van der Waals surface area contributed by atoms with Crippen molar-refractivity contribution in [1.82, 2.24) is 0 Å². The van der Waals surface area contributed by atoms with Crippen molar-refractivity contribution >= 4 is 28.0 Å². The van der Waals surface area contributed by atoms with Gasteiger partial charge in [0.15, 0.2) is 0 Å². The maximum Gasteiger partial charge on any atom is 0.333 e. The molecule has 0 unspecified atom stereocenters. The minimum Gasteiger partial charge on any atom is -0.478 e. The van der Waals surface area contributed by atoms with Crippen LogP contribution >= 0.6 is 0 Å². The fourth-order valence-electron chi connectivity index (χ4n) is 0.446. The number of esters is 2. The SMILES string of the molecule is C=C(C)C(=O)O.C=C(C)C(=O)OCCS(=O)(=O)O.C=CC(=O)OC. The van der Waals surface area contributed by atoms with Crippen LogP contribution in [0.3, 0.4) is 0 Å². The molecule has 0 aromatic heterocycles. The van der Waals surface area contributed by atoms with Gasteiger partial charge in [-0.1, -0.05) is 19.7 Å². The van der Waals surface area contributed by atoms with E-state index < -0.39 is 33.8 Å². The molecule has 0 aromatic carbocycles. The molecule has 0 saturated heterocycles. The van der Waals surface area contributed by atoms with Crippen molar-refractivity contribution in [3.63, 3.8) is 0 Å². The van der Waals surface area contributed by atoms with Crippen molar-refractivity contribution in [1.29, 1.82) is 0 Å². The average molecular weight is 366 g/mol. The lowest BCUT2D eigenvalue weighted by atomic mass is 10.4. The highest BCUT2D eigenvalue weighted by Gasteiger charge is 2.07. The molecule has 0 heterocycles. The molecule has 10 heteroatoms. The minimum atomic E-state index is -4.05. The Kier molecular flexibility index (Phi) is 15.6. The second-order valence-electron chi connectivity index (χ2n) is 4.02. The predicted molar refractivity (Wildman–Crippen MR) is 86.9 cm³/mol. The summed E-state index contributed by atoms with van der Waals surface area (Å²) in [6.45, 7) is 12.1. The van der Waals surface area contributed by atoms with Crippen LogP contribution in [0.15, 0.2) is 37.0 Å². The first-order chi connectivity index (χ1) is 10.8. The second kappa shape index (κ2) is 14.2. The minimum absolute atomic E-state index is 0.176. The summed E-state index contributed by atoms with van der Waals surface area (Å²) >= 11 is 0. The second-order valence-corrected chi connectivity index (χ2v) is 5.59. The van der Waals surface area contributed by atoms with Crippen LogP contribution in [0.2, 0.25) is 0 Å². The van der Waals surface area contributed by atoms with Crippen LogP contribution in [0.5, 0.6) is 0 Å². The quantitative estimate of drug-likeness (QED) is 0.399. The third-order valence-corrected chi connectivity index (χ3v) is 2.34. The summed E-state index contributed by atoms with van der Waals surface area (Å²) in [5, 5.41) is 7.89. The first kappa shape index (κ1) is 26.4. The highest BCUT2D eigenvalue weighted by molar-refractivity contribution is 7.85. The zero-order valence-corrected chi connectivity index (χ0v) is 14.6. The van der Waals surface area contributed by atoms with Gasteiger partial charge in [-0.05, 0) is 13.8 Å². The van der Waals surface area contributed by atoms with Gasteiger partial charge in [0.2, 0.25) is 0 Å². The number of carbonyl (C=O) groups excluding carboxylic acids is 2. The van der Waals surface area contributed by atoms with E-state index in [1.54, 1.807) is 0 Å². The van der Waals surface area contributed by atoms with Crippen molar-refractivity contribution < 1.29 is 41.9 Å². The Morgan fingerprint density at radius 1 is 1.12 bits per heavy atom. The van der Waals surface area contributed by atoms with E-state index in [-0.39, 0.29) is 17.8 Å². The van der Waals surface area contributed by atoms with Crippen molar-refractivity contribution in [3.8, 4) is 0 Å². The highest BCUT2D eigenvalue weighted by atomic mass is 32.2. The third-order valence-electron chi connectivity index (χ3n) is 1.66. The Hall–Kier alpha value is -2.46. The van der Waals surface area contributed by atoms with E-state index >= 15 is 0 Å². The topological polar surface area (TPSA) is 144 Å². The Balaban J connectivity index is -0.000000309. The van der Waals surface area contributed by atoms with E-state index in [9.17, 15) is 22.8 Å². The summed E-state index contributed by atoms with van der Waals surface area (Å²) in [5.41, 5.74) is 0.361. The summed E-state index contributed by atoms with van der Waals surface area (Å²) in [6.07, 6.45) is 1.11. The lowest BCUT2D eigenvalue weighted by Crippen LogP contribution is -2.14. The largest absolute Gasteiger partial charge is 0.478 e. The molecule has 0 bridgehead atoms. The summed E-state index contributed by atoms with van der Waals surface area (Å²) < 4.78 is 37.0. The monoisotopic (exact) mass is 366 g/mol. The Bertz CT molecular complexity index is 558. The van der Waals surface area contributed by atoms with Gasteiger partial charge in [-0.15, -0.1) is 0 Å². The number of hydrogen-bond donors (Lipinski definition) is 2. The van der Waals surface area contributed by atoms with E-state index in [0.29, 0.717) is 0 Å². The fraction of sp³-hybridized carbons (Fsp3) is 0.357. The van der Waals surface area contributed by atoms with Gasteiger partial charge >= 0.3 is 17.9 Å². The van der Waals surface area contributed by atoms with Crippen molar-refractivity contribution in [3.05, 3.63) is 37.0 Å². The average Bonchev–Trinajstić information content (AvgIpc) is 2.45. The number of hydrogen-bond acceptors (Lipinski definition) is 7. The van der Waals surface area contributed by atoms with Crippen LogP contribution in [0.25, 0.3) is 0 Å². The molecule has 0 aliphatic carbocycles. The van der Waals surface area contributed by atoms with Crippen LogP contribution in [0.1, 0.15) is 13.8 Å². The van der Waals surface area contributed by atoms with Gasteiger partial charge in [0.05, 0.1) is 7.11 Å². The molecule has 138 valence electrons. The summed E-state index contributed by atoms with van der Waals surface area (Å²) in [4.78, 5) is 30.1. The van der Waals surface area contributed by atoms with Gasteiger partial charge in [0.1, 0.15) is 12.4 Å². The molecule has 0 atom stereocenters. The van der Waals surface area contributed by atoms with E-state index in [4.69, 9.17) is 9.66 Å². The predicted octanol–water partition coefficient (Wildman–Crippen LogP) is 0.986. The molecule has 0 spiro atoms. The molecular weight excluding hydrogens is 344 g/mol. The lowest BCUT2D eigenvalue weighted by molar-refractivity contribution is -0.138. The summed E-state index contributed by atoms with van der Waals surface area (Å²) in [7, 11) is -2.74. The van der Waals surface area contributed by atoms with Gasteiger partial charge in [-0.2, -0.15) is 8.42 Å². The molecule has 0 rings (SSSR count). The Labute approximate surface area is 141 Å². The van der Waals surface area contributed by atoms with Gasteiger partial charge in [0.25, 0.3) is 10.1 Å². The van der Waals surface area contributed by atoms with Crippen LogP contribution < -0.4 is 0 Å². The highest BCUT2D eigenvalue weighted by Crippen LogP contribution is 1.92. The molecule has 2 N–H and O–H groups in total. The number of carbonyl (C=O) groups is 3. The zero-order chi connectivity index (χ0) is 19.9. The molecule has 24 heavy (non-hydrogen) atoms. The molecular formula is C14H22O9S. The molecule has 0 fully saturated rings. The molecule has 9 nitrogen and oxygen atoms in total. The normalized spacial score (nSPS) is 9.00. The first-order valence-electron chi connectivity index (χ1n) is 6.15. The van der Waals surface area contributed by atoms with E-state index in [1.165, 1.54) is 21.0 Å². The molecule has 0 aliphatic rings. The van der Waals surface area contributed by atoms with E-state index in [2.05, 4.69) is 29.2 Å². The van der Waals surface area contributed by atoms with Gasteiger partial charge < -0.3 is 14.6 Å². The van der Waals surface area contributed by atoms with Gasteiger partial charge in [0, 0.05) is 17.2 Å². The number of rotatable bonds is 6. The Morgan fingerprint density at radius 3 is 1.71 bits per heavy atom. The molecule has 0 aliphatic heterocycles. The maximum absolute atomic E-state index is 10.6. The van der Waals surface area contributed by atoms with Crippen molar-refractivity contribution in [2.45, 2.75) is 13.8 Å². The molecule has 0 saturated carbocycles. The number of carboxylic acids is 1. The molecule has 0 amide bonds. The summed E-state index contributed by atoms with van der Waals surface area (Å²) in [5.74, 6) is -2.59. The van der Waals surface area contributed by atoms with Crippen LogP contribution in [0.4, 0.5) is 0 Å². The summed E-state index contributed by atoms with van der Waals surface area (Å²) in [6, 6.07) is 0. The van der Waals surface area contributed by atoms with Gasteiger partial charge in [-0.25, -0.2) is 14.4 Å². The van der Waals surface area contributed by atoms with E-state index in [1.807, 2.05) is 0 Å². The number of ether oxygens (including phenoxy) is 2. The van der Waals surface area contributed by atoms with E-state index in [0.717, 1.165) is 6.08 Å². The number of methoxy groups -OCH3 is 1. The number of aliphatic carboxylic acids is 1. The van der Waals surface area contributed by atoms with Crippen molar-refractivity contribution in [2.24, 2.45) is 0 Å². The first-order valence-corrected chi connectivity index (χ1v) is 7.76. The Morgan fingerprint density at radius 2 is 1.54 bits per heavy atom. The fourth-order valence-corrected chi connectivity index (χ4v) is 0.740. The lowest BCUT2D eigenvalue weighted by Gasteiger charge is -2.01.